The Morgan fingerprint density at radius 3 is 2.55 bits per heavy atom. The number of morpholine rings is 1. The van der Waals surface area contributed by atoms with Crippen LogP contribution in [0, 0.1) is 0 Å². The highest BCUT2D eigenvalue weighted by Gasteiger charge is 2.20. The quantitative estimate of drug-likeness (QED) is 0.908. The summed E-state index contributed by atoms with van der Waals surface area (Å²) in [5.74, 6) is 0.766. The molecule has 0 radical (unpaired) electrons. The molecule has 1 saturated heterocycles. The molecule has 1 aliphatic heterocycles. The number of hydrogen-bond acceptors (Lipinski definition) is 4. The summed E-state index contributed by atoms with van der Waals surface area (Å²) >= 11 is 0. The van der Waals surface area contributed by atoms with Gasteiger partial charge in [-0.1, -0.05) is 26.8 Å². The van der Waals surface area contributed by atoms with Crippen molar-refractivity contribution >= 4 is 0 Å². The molecule has 0 aromatic heterocycles. The van der Waals surface area contributed by atoms with Crippen LogP contribution in [0.5, 0.6) is 5.75 Å². The second kappa shape index (κ2) is 7.44. The van der Waals surface area contributed by atoms with Crippen LogP contribution in [0.4, 0.5) is 0 Å². The molecule has 0 aliphatic carbocycles. The number of aliphatic hydroxyl groups excluding tert-OH is 1. The molecule has 22 heavy (non-hydrogen) atoms. The Labute approximate surface area is 134 Å². The van der Waals surface area contributed by atoms with Crippen LogP contribution in [-0.4, -0.2) is 50.0 Å². The van der Waals surface area contributed by atoms with E-state index in [2.05, 4.69) is 37.8 Å². The molecule has 0 amide bonds. The molecule has 2 rings (SSSR count). The highest BCUT2D eigenvalue weighted by Crippen LogP contribution is 2.32. The minimum absolute atomic E-state index is 0.0605. The van der Waals surface area contributed by atoms with Crippen LogP contribution >= 0.6 is 0 Å². The van der Waals surface area contributed by atoms with Gasteiger partial charge in [-0.05, 0) is 29.5 Å². The third-order valence-corrected chi connectivity index (χ3v) is 4.28. The summed E-state index contributed by atoms with van der Waals surface area (Å²) < 4.78 is 10.8. The number of aliphatic hydroxyl groups is 1. The molecule has 1 aromatic carbocycles. The van der Waals surface area contributed by atoms with E-state index in [1.807, 2.05) is 6.07 Å². The Morgan fingerprint density at radius 2 is 1.95 bits per heavy atom. The molecule has 0 bridgehead atoms. The van der Waals surface area contributed by atoms with Crippen LogP contribution < -0.4 is 4.74 Å². The van der Waals surface area contributed by atoms with Gasteiger partial charge in [0.05, 0.1) is 26.4 Å². The van der Waals surface area contributed by atoms with E-state index in [1.54, 1.807) is 7.11 Å². The highest BCUT2D eigenvalue weighted by molar-refractivity contribution is 5.41. The second-order valence-electron chi connectivity index (χ2n) is 6.97. The normalized spacial score (nSPS) is 18.2. The second-order valence-corrected chi connectivity index (χ2v) is 6.97. The van der Waals surface area contributed by atoms with Gasteiger partial charge in [0.1, 0.15) is 5.75 Å². The van der Waals surface area contributed by atoms with E-state index in [9.17, 15) is 5.11 Å². The topological polar surface area (TPSA) is 41.9 Å². The largest absolute Gasteiger partial charge is 0.496 e. The maximum absolute atomic E-state index is 10.6. The summed E-state index contributed by atoms with van der Waals surface area (Å²) in [6.45, 7) is 10.9. The minimum atomic E-state index is -0.500. The van der Waals surface area contributed by atoms with Crippen molar-refractivity contribution in [3.8, 4) is 5.75 Å². The van der Waals surface area contributed by atoms with Gasteiger partial charge in [0.2, 0.25) is 0 Å². The van der Waals surface area contributed by atoms with Crippen molar-refractivity contribution in [1.82, 2.24) is 4.90 Å². The number of nitrogens with zero attached hydrogens (tertiary/aromatic N) is 1. The Kier molecular flexibility index (Phi) is 5.84. The number of methoxy groups -OCH3 is 1. The van der Waals surface area contributed by atoms with Crippen LogP contribution in [0.15, 0.2) is 18.2 Å². The van der Waals surface area contributed by atoms with Crippen molar-refractivity contribution in [1.29, 1.82) is 0 Å². The van der Waals surface area contributed by atoms with Crippen LogP contribution in [-0.2, 0) is 10.2 Å². The van der Waals surface area contributed by atoms with Crippen LogP contribution in [0.3, 0.4) is 0 Å². The highest BCUT2D eigenvalue weighted by atomic mass is 16.5. The van der Waals surface area contributed by atoms with Crippen molar-refractivity contribution in [3.05, 3.63) is 29.3 Å². The lowest BCUT2D eigenvalue weighted by Gasteiger charge is -2.28. The number of benzene rings is 1. The van der Waals surface area contributed by atoms with E-state index in [4.69, 9.17) is 9.47 Å². The summed E-state index contributed by atoms with van der Waals surface area (Å²) in [7, 11) is 1.66. The van der Waals surface area contributed by atoms with E-state index in [0.29, 0.717) is 6.42 Å². The van der Waals surface area contributed by atoms with Gasteiger partial charge in [-0.3, -0.25) is 4.90 Å². The smallest absolute Gasteiger partial charge is 0.124 e. The Balaban J connectivity index is 2.07. The van der Waals surface area contributed by atoms with Gasteiger partial charge >= 0.3 is 0 Å². The van der Waals surface area contributed by atoms with Crippen molar-refractivity contribution < 1.29 is 14.6 Å². The van der Waals surface area contributed by atoms with E-state index in [0.717, 1.165) is 44.2 Å². The zero-order chi connectivity index (χ0) is 16.2. The first-order valence-electron chi connectivity index (χ1n) is 8.08. The molecule has 1 N–H and O–H groups in total. The fourth-order valence-corrected chi connectivity index (χ4v) is 2.75. The molecule has 0 saturated carbocycles. The van der Waals surface area contributed by atoms with Gasteiger partial charge in [-0.25, -0.2) is 0 Å². The number of ether oxygens (including phenoxy) is 2. The first kappa shape index (κ1) is 17.3. The number of hydrogen-bond donors (Lipinski definition) is 1. The Bertz CT molecular complexity index is 476. The van der Waals surface area contributed by atoms with Gasteiger partial charge in [0, 0.05) is 25.2 Å². The molecule has 4 heteroatoms. The fourth-order valence-electron chi connectivity index (χ4n) is 2.75. The SMILES string of the molecule is COc1ccc(C(C)(C)C)cc1C(O)CCN1CCOCC1. The standard InChI is InChI=1S/C18H29NO3/c1-18(2,3)14-5-6-17(21-4)15(13-14)16(20)7-8-19-9-11-22-12-10-19/h5-6,13,16,20H,7-12H2,1-4H3. The predicted molar refractivity (Wildman–Crippen MR) is 88.5 cm³/mol. The molecule has 1 atom stereocenters. The summed E-state index contributed by atoms with van der Waals surface area (Å²) in [5.41, 5.74) is 2.17. The maximum atomic E-state index is 10.6. The third-order valence-electron chi connectivity index (χ3n) is 4.28. The van der Waals surface area contributed by atoms with Crippen LogP contribution in [0.2, 0.25) is 0 Å². The van der Waals surface area contributed by atoms with Gasteiger partial charge in [-0.15, -0.1) is 0 Å². The predicted octanol–water partition coefficient (Wildman–Crippen LogP) is 2.75. The van der Waals surface area contributed by atoms with Crippen molar-refractivity contribution in [2.45, 2.75) is 38.7 Å². The van der Waals surface area contributed by atoms with Gasteiger partial charge < -0.3 is 14.6 Å². The van der Waals surface area contributed by atoms with E-state index >= 15 is 0 Å². The molecule has 4 nitrogen and oxygen atoms in total. The zero-order valence-electron chi connectivity index (χ0n) is 14.3. The molecule has 124 valence electrons. The molecular weight excluding hydrogens is 278 g/mol. The fraction of sp³-hybridized carbons (Fsp3) is 0.667. The van der Waals surface area contributed by atoms with E-state index < -0.39 is 6.10 Å². The Hall–Kier alpha value is -1.10. The van der Waals surface area contributed by atoms with Crippen molar-refractivity contribution in [2.75, 3.05) is 40.0 Å². The lowest BCUT2D eigenvalue weighted by molar-refractivity contribution is 0.0299. The zero-order valence-corrected chi connectivity index (χ0v) is 14.3. The average molecular weight is 307 g/mol. The molecule has 1 aliphatic rings. The third kappa shape index (κ3) is 4.45. The summed E-state index contributed by atoms with van der Waals surface area (Å²) in [4.78, 5) is 2.34. The lowest BCUT2D eigenvalue weighted by Crippen LogP contribution is -2.37. The van der Waals surface area contributed by atoms with E-state index in [1.165, 1.54) is 5.56 Å². The van der Waals surface area contributed by atoms with Crippen LogP contribution in [0.25, 0.3) is 0 Å². The maximum Gasteiger partial charge on any atom is 0.124 e. The van der Waals surface area contributed by atoms with Crippen molar-refractivity contribution in [3.63, 3.8) is 0 Å². The molecule has 1 heterocycles. The van der Waals surface area contributed by atoms with Gasteiger partial charge in [0.15, 0.2) is 0 Å². The molecule has 0 spiro atoms. The summed E-state index contributed by atoms with van der Waals surface area (Å²) in [5, 5.41) is 10.6. The Morgan fingerprint density at radius 1 is 1.27 bits per heavy atom. The molecular formula is C18H29NO3. The monoisotopic (exact) mass is 307 g/mol. The summed E-state index contributed by atoms with van der Waals surface area (Å²) in [6.07, 6.45) is 0.212. The lowest BCUT2D eigenvalue weighted by atomic mass is 9.85. The first-order valence-corrected chi connectivity index (χ1v) is 8.08. The number of rotatable bonds is 5. The van der Waals surface area contributed by atoms with Gasteiger partial charge in [-0.2, -0.15) is 0 Å². The van der Waals surface area contributed by atoms with Gasteiger partial charge in [0.25, 0.3) is 0 Å². The van der Waals surface area contributed by atoms with Crippen molar-refractivity contribution in [2.24, 2.45) is 0 Å². The average Bonchev–Trinajstić information content (AvgIpc) is 2.52. The van der Waals surface area contributed by atoms with E-state index in [-0.39, 0.29) is 5.41 Å². The first-order chi connectivity index (χ1) is 10.4. The summed E-state index contributed by atoms with van der Waals surface area (Å²) in [6, 6.07) is 6.13. The van der Waals surface area contributed by atoms with Crippen LogP contribution in [0.1, 0.15) is 44.4 Å². The molecule has 1 aromatic rings. The molecule has 1 fully saturated rings. The molecule has 1 unspecified atom stereocenters. The minimum Gasteiger partial charge on any atom is -0.496 e.